The van der Waals surface area contributed by atoms with Gasteiger partial charge in [-0.3, -0.25) is 0 Å². The molecule has 0 aromatic carbocycles. The van der Waals surface area contributed by atoms with E-state index in [0.29, 0.717) is 0 Å². The van der Waals surface area contributed by atoms with Gasteiger partial charge >= 0.3 is 0 Å². The summed E-state index contributed by atoms with van der Waals surface area (Å²) >= 11 is 0. The molecule has 0 heterocycles. The van der Waals surface area contributed by atoms with Crippen LogP contribution >= 0.6 is 0 Å². The number of hydrogen-bond acceptors (Lipinski definition) is 1. The highest BCUT2D eigenvalue weighted by molar-refractivity contribution is 6.69. The molecule has 0 rings (SSSR count). The third kappa shape index (κ3) is 6.18. The van der Waals surface area contributed by atoms with E-state index in [1.807, 2.05) is 0 Å². The number of hydrogen-bond donors (Lipinski definition) is 0. The monoisotopic (exact) mass is 131 g/mol. The first-order valence-electron chi connectivity index (χ1n) is 2.99. The van der Waals surface area contributed by atoms with Gasteiger partial charge in [0.2, 0.25) is 0 Å². The molecule has 0 amide bonds. The van der Waals surface area contributed by atoms with Gasteiger partial charge < -0.3 is 4.43 Å². The van der Waals surface area contributed by atoms with Gasteiger partial charge in [0.15, 0.2) is 8.32 Å². The van der Waals surface area contributed by atoms with Crippen LogP contribution in [0.3, 0.4) is 0 Å². The highest BCUT2D eigenvalue weighted by atomic mass is 28.4. The smallest absolute Gasteiger partial charge is 0.183 e. The molecule has 0 N–H and O–H groups in total. The minimum absolute atomic E-state index is 0.829. The van der Waals surface area contributed by atoms with Crippen LogP contribution in [0, 0.1) is 6.92 Å². The summed E-state index contributed by atoms with van der Waals surface area (Å²) in [7, 11) is -1.22. The van der Waals surface area contributed by atoms with E-state index in [9.17, 15) is 0 Å². The van der Waals surface area contributed by atoms with Crippen LogP contribution in [-0.2, 0) is 4.43 Å². The summed E-state index contributed by atoms with van der Waals surface area (Å²) in [6.45, 7) is 11.1. The lowest BCUT2D eigenvalue weighted by Crippen LogP contribution is -2.25. The molecule has 0 aliphatic heterocycles. The van der Waals surface area contributed by atoms with Gasteiger partial charge in [0.25, 0.3) is 0 Å². The van der Waals surface area contributed by atoms with Crippen molar-refractivity contribution in [2.24, 2.45) is 0 Å². The van der Waals surface area contributed by atoms with Crippen LogP contribution in [-0.4, -0.2) is 14.9 Å². The van der Waals surface area contributed by atoms with Crippen molar-refractivity contribution in [3.8, 4) is 0 Å². The van der Waals surface area contributed by atoms with Crippen molar-refractivity contribution in [3.63, 3.8) is 0 Å². The summed E-state index contributed by atoms with van der Waals surface area (Å²) in [4.78, 5) is 0. The van der Waals surface area contributed by atoms with Crippen LogP contribution in [0.15, 0.2) is 0 Å². The predicted octanol–water partition coefficient (Wildman–Crippen LogP) is 2.06. The Morgan fingerprint density at radius 2 is 1.88 bits per heavy atom. The molecule has 1 radical (unpaired) electrons. The quantitative estimate of drug-likeness (QED) is 0.533. The Labute approximate surface area is 53.2 Å². The van der Waals surface area contributed by atoms with Crippen LogP contribution < -0.4 is 0 Å². The van der Waals surface area contributed by atoms with Crippen molar-refractivity contribution in [1.29, 1.82) is 0 Å². The molecule has 1 nitrogen and oxygen atoms in total. The summed E-state index contributed by atoms with van der Waals surface area (Å²) in [6.07, 6.45) is 0.893. The van der Waals surface area contributed by atoms with Crippen LogP contribution in [0.1, 0.15) is 6.42 Å². The standard InChI is InChI=1S/C6H15OSi/c1-5-6-7-8(2,3)4/h1,5-6H2,2-4H3. The van der Waals surface area contributed by atoms with E-state index in [2.05, 4.69) is 26.6 Å². The molecule has 0 aliphatic carbocycles. The molecule has 0 saturated heterocycles. The average Bonchev–Trinajstić information content (AvgIpc) is 1.59. The highest BCUT2D eigenvalue weighted by Crippen LogP contribution is 2.01. The van der Waals surface area contributed by atoms with Gasteiger partial charge in [0, 0.05) is 6.61 Å². The summed E-state index contributed by atoms with van der Waals surface area (Å²) in [5.41, 5.74) is 0. The van der Waals surface area contributed by atoms with E-state index in [1.165, 1.54) is 0 Å². The van der Waals surface area contributed by atoms with Crippen molar-refractivity contribution in [1.82, 2.24) is 0 Å². The van der Waals surface area contributed by atoms with Crippen LogP contribution in [0.4, 0.5) is 0 Å². The lowest BCUT2D eigenvalue weighted by molar-refractivity contribution is 0.318. The van der Waals surface area contributed by atoms with E-state index in [0.717, 1.165) is 13.0 Å². The topological polar surface area (TPSA) is 9.23 Å². The minimum Gasteiger partial charge on any atom is -0.418 e. The van der Waals surface area contributed by atoms with Gasteiger partial charge in [-0.05, 0) is 26.1 Å². The van der Waals surface area contributed by atoms with E-state index < -0.39 is 8.32 Å². The third-order valence-electron chi connectivity index (χ3n) is 0.679. The molecule has 0 saturated carbocycles. The molecule has 8 heavy (non-hydrogen) atoms. The Kier molecular flexibility index (Phi) is 3.32. The van der Waals surface area contributed by atoms with Gasteiger partial charge in [0.1, 0.15) is 0 Å². The lowest BCUT2D eigenvalue weighted by atomic mass is 10.5. The molecule has 0 unspecified atom stereocenters. The molecule has 0 atom stereocenters. The largest absolute Gasteiger partial charge is 0.418 e. The SMILES string of the molecule is [CH2]CCO[Si](C)(C)C. The molecule has 0 aromatic heterocycles. The van der Waals surface area contributed by atoms with Gasteiger partial charge in [-0.15, -0.1) is 0 Å². The molecule has 2 heteroatoms. The normalized spacial score (nSPS) is 12.0. The van der Waals surface area contributed by atoms with E-state index >= 15 is 0 Å². The summed E-state index contributed by atoms with van der Waals surface area (Å²) in [5.74, 6) is 0. The Morgan fingerprint density at radius 1 is 1.38 bits per heavy atom. The number of rotatable bonds is 3. The maximum absolute atomic E-state index is 5.45. The Morgan fingerprint density at radius 3 is 2.00 bits per heavy atom. The fourth-order valence-corrected chi connectivity index (χ4v) is 1.14. The van der Waals surface area contributed by atoms with E-state index in [4.69, 9.17) is 4.43 Å². The molecular formula is C6H15OSi. The van der Waals surface area contributed by atoms with E-state index in [-0.39, 0.29) is 0 Å². The maximum atomic E-state index is 5.45. The molecule has 0 aromatic rings. The molecule has 0 bridgehead atoms. The molecule has 49 valence electrons. The second kappa shape index (κ2) is 3.25. The van der Waals surface area contributed by atoms with E-state index in [1.54, 1.807) is 0 Å². The molecular weight excluding hydrogens is 116 g/mol. The second-order valence-electron chi connectivity index (χ2n) is 2.81. The Balaban J connectivity index is 3.11. The summed E-state index contributed by atoms with van der Waals surface area (Å²) in [6, 6.07) is 0. The zero-order valence-electron chi connectivity index (χ0n) is 6.03. The molecule has 0 aliphatic rings. The summed E-state index contributed by atoms with van der Waals surface area (Å²) < 4.78 is 5.45. The van der Waals surface area contributed by atoms with Crippen LogP contribution in [0.2, 0.25) is 19.6 Å². The highest BCUT2D eigenvalue weighted by Gasteiger charge is 2.12. The average molecular weight is 131 g/mol. The van der Waals surface area contributed by atoms with Gasteiger partial charge in [0.05, 0.1) is 0 Å². The van der Waals surface area contributed by atoms with Gasteiger partial charge in [-0.2, -0.15) is 0 Å². The minimum atomic E-state index is -1.22. The maximum Gasteiger partial charge on any atom is 0.183 e. The first-order chi connectivity index (χ1) is 3.56. The lowest BCUT2D eigenvalue weighted by Gasteiger charge is -2.15. The third-order valence-corrected chi connectivity index (χ3v) is 1.75. The fraction of sp³-hybridized carbons (Fsp3) is 0.833. The first-order valence-corrected chi connectivity index (χ1v) is 6.40. The zero-order chi connectivity index (χ0) is 6.62. The van der Waals surface area contributed by atoms with Crippen molar-refractivity contribution in [3.05, 3.63) is 6.92 Å². The van der Waals surface area contributed by atoms with Crippen molar-refractivity contribution in [2.45, 2.75) is 26.1 Å². The van der Waals surface area contributed by atoms with Crippen LogP contribution in [0.5, 0.6) is 0 Å². The molecule has 0 spiro atoms. The fourth-order valence-electron chi connectivity index (χ4n) is 0.378. The summed E-state index contributed by atoms with van der Waals surface area (Å²) in [5, 5.41) is 0. The van der Waals surface area contributed by atoms with Crippen LogP contribution in [0.25, 0.3) is 0 Å². The second-order valence-corrected chi connectivity index (χ2v) is 7.33. The van der Waals surface area contributed by atoms with Gasteiger partial charge in [-0.1, -0.05) is 6.92 Å². The Hall–Kier alpha value is 0.177. The zero-order valence-corrected chi connectivity index (χ0v) is 7.03. The molecule has 0 fully saturated rings. The van der Waals surface area contributed by atoms with Crippen molar-refractivity contribution < 1.29 is 4.43 Å². The van der Waals surface area contributed by atoms with Crippen molar-refractivity contribution in [2.75, 3.05) is 6.61 Å². The first kappa shape index (κ1) is 8.18. The van der Waals surface area contributed by atoms with Gasteiger partial charge in [-0.25, -0.2) is 0 Å². The predicted molar refractivity (Wildman–Crippen MR) is 39.3 cm³/mol. The van der Waals surface area contributed by atoms with Crippen molar-refractivity contribution >= 4 is 8.32 Å². The Bertz CT molecular complexity index is 56.0.